The van der Waals surface area contributed by atoms with Crippen molar-refractivity contribution in [1.82, 2.24) is 0 Å². The Morgan fingerprint density at radius 1 is 0.244 bits per heavy atom. The van der Waals surface area contributed by atoms with Gasteiger partial charge >= 0.3 is 12.6 Å². The Kier molecular flexibility index (Phi) is 18.3. The van der Waals surface area contributed by atoms with Crippen LogP contribution >= 0.6 is 22.7 Å². The second-order valence-corrected chi connectivity index (χ2v) is 22.2. The molecular weight excluding hydrogens is 1210 g/mol. The number of pyridine rings is 2. The topological polar surface area (TPSA) is 7.76 Å². The SMILES string of the molecule is Cc1cc(C)cc(C)c1.Cc1cc(C)cc(C)c1.Fc1c(F)c(F)c([B-](c2ccc(-c3ccc([B-](c4c(F)c(F)c(F)c(F)c4F)(c4c(F)c(F)c(F)c(F)c4F)[n+]4ccccc4)s3)s2)(c2c(F)c(F)c(F)c(F)c2F)[n+]2ccccc2)c(F)c1F. The summed E-state index contributed by atoms with van der Waals surface area (Å²) in [4.78, 5) is -0.992. The first-order valence-corrected chi connectivity index (χ1v) is 26.7. The van der Waals surface area contributed by atoms with Crippen LogP contribution in [0.5, 0.6) is 0 Å². The zero-order valence-electron chi connectivity index (χ0n) is 45.0. The van der Waals surface area contributed by atoms with Gasteiger partial charge in [-0.2, -0.15) is 22.7 Å². The fraction of sp³-hybridized carbons (Fsp3) is 0.100. The summed E-state index contributed by atoms with van der Waals surface area (Å²) in [5.41, 5.74) is -0.592. The van der Waals surface area contributed by atoms with Gasteiger partial charge in [0.1, 0.15) is 71.3 Å². The molecule has 6 aromatic carbocycles. The van der Waals surface area contributed by atoms with E-state index in [4.69, 9.17) is 0 Å². The van der Waals surface area contributed by atoms with E-state index in [1.165, 1.54) is 33.4 Å². The van der Waals surface area contributed by atoms with Crippen molar-refractivity contribution in [3.63, 3.8) is 0 Å². The summed E-state index contributed by atoms with van der Waals surface area (Å²) in [6.07, 6.45) is -7.22. The van der Waals surface area contributed by atoms with Gasteiger partial charge in [-0.3, -0.25) is 0 Å². The molecule has 4 aromatic heterocycles. The van der Waals surface area contributed by atoms with E-state index in [0.29, 0.717) is 45.9 Å². The molecule has 10 rings (SSSR count). The number of aromatic nitrogens is 2. The Morgan fingerprint density at radius 2 is 0.419 bits per heavy atom. The predicted octanol–water partition coefficient (Wildman–Crippen LogP) is 13.1. The fourth-order valence-corrected chi connectivity index (χ4v) is 13.6. The van der Waals surface area contributed by atoms with Gasteiger partial charge in [-0.25, -0.2) is 87.8 Å². The molecule has 0 aliphatic carbocycles. The van der Waals surface area contributed by atoms with Crippen LogP contribution in [0.3, 0.4) is 0 Å². The molecule has 4 heterocycles. The van der Waals surface area contributed by atoms with Crippen molar-refractivity contribution in [1.29, 1.82) is 0 Å². The van der Waals surface area contributed by atoms with Crippen LogP contribution in [-0.2, 0) is 0 Å². The Hall–Kier alpha value is -8.25. The quantitative estimate of drug-likeness (QED) is 0.0589. The van der Waals surface area contributed by atoms with Gasteiger partial charge in [0, 0.05) is 9.75 Å². The van der Waals surface area contributed by atoms with Crippen molar-refractivity contribution in [2.75, 3.05) is 0 Å². The largest absolute Gasteiger partial charge is 0.414 e. The average molecular weight is 1250 g/mol. The maximum absolute atomic E-state index is 16.2. The molecule has 0 amide bonds. The highest BCUT2D eigenvalue weighted by Gasteiger charge is 2.56. The van der Waals surface area contributed by atoms with Crippen LogP contribution < -0.4 is 40.4 Å². The minimum absolute atomic E-state index is 0.0199. The molecule has 0 fully saturated rings. The lowest BCUT2D eigenvalue weighted by molar-refractivity contribution is -0.539. The number of rotatable bonds is 9. The molecule has 0 spiro atoms. The molecule has 0 aliphatic heterocycles. The van der Waals surface area contributed by atoms with Crippen LogP contribution in [0.25, 0.3) is 9.75 Å². The minimum Gasteiger partial charge on any atom is -0.414 e. The van der Waals surface area contributed by atoms with E-state index in [1.807, 2.05) is 0 Å². The van der Waals surface area contributed by atoms with Gasteiger partial charge in [-0.05, 0) is 99.8 Å². The molecule has 0 saturated heterocycles. The Labute approximate surface area is 484 Å². The summed E-state index contributed by atoms with van der Waals surface area (Å²) in [7, 11) is 0. The number of thiophene rings is 2. The molecule has 0 saturated carbocycles. The predicted molar refractivity (Wildman–Crippen MR) is 287 cm³/mol. The molecular formula is C60H38B2F20N2S2. The number of hydrogen-bond donors (Lipinski definition) is 0. The summed E-state index contributed by atoms with van der Waals surface area (Å²) in [5.74, 6) is -56.1. The van der Waals surface area contributed by atoms with Gasteiger partial charge in [0.25, 0.3) is 0 Å². The summed E-state index contributed by atoms with van der Waals surface area (Å²) in [6, 6.07) is 22.0. The lowest BCUT2D eigenvalue weighted by atomic mass is 9.26. The Balaban J connectivity index is 0.000000455. The van der Waals surface area contributed by atoms with E-state index in [-0.39, 0.29) is 22.7 Å². The number of nitrogens with zero attached hydrogens (tertiary/aromatic N) is 2. The molecule has 0 unspecified atom stereocenters. The van der Waals surface area contributed by atoms with Crippen molar-refractivity contribution >= 4 is 66.6 Å². The van der Waals surface area contributed by atoms with Gasteiger partial charge in [0.15, 0.2) is 69.8 Å². The van der Waals surface area contributed by atoms with Crippen LogP contribution in [0, 0.1) is 158 Å². The zero-order chi connectivity index (χ0) is 63.3. The fourth-order valence-electron chi connectivity index (χ4n) is 10.9. The molecule has 0 atom stereocenters. The van der Waals surface area contributed by atoms with Crippen LogP contribution in [0.1, 0.15) is 33.4 Å². The molecule has 446 valence electrons. The van der Waals surface area contributed by atoms with Gasteiger partial charge in [-0.1, -0.05) is 104 Å². The monoisotopic (exact) mass is 1250 g/mol. The number of aryl methyl sites for hydroxylation is 6. The van der Waals surface area contributed by atoms with Crippen molar-refractivity contribution in [2.45, 2.75) is 41.5 Å². The molecule has 10 aromatic rings. The highest BCUT2D eigenvalue weighted by Crippen LogP contribution is 2.33. The van der Waals surface area contributed by atoms with E-state index in [9.17, 15) is 17.6 Å². The summed E-state index contributed by atoms with van der Waals surface area (Å²) < 4.78 is 308. The van der Waals surface area contributed by atoms with Crippen LogP contribution in [-0.4, -0.2) is 12.6 Å². The van der Waals surface area contributed by atoms with E-state index in [1.54, 1.807) is 0 Å². The number of benzene rings is 6. The van der Waals surface area contributed by atoms with E-state index in [2.05, 4.69) is 77.9 Å². The highest BCUT2D eigenvalue weighted by atomic mass is 32.1. The van der Waals surface area contributed by atoms with E-state index < -0.39 is 170 Å². The smallest absolute Gasteiger partial charge is 0.380 e. The molecule has 0 N–H and O–H groups in total. The molecule has 0 bridgehead atoms. The highest BCUT2D eigenvalue weighted by molar-refractivity contribution is 7.36. The molecule has 0 aliphatic rings. The Bertz CT molecular complexity index is 3660. The molecule has 0 radical (unpaired) electrons. The Morgan fingerprint density at radius 3 is 0.605 bits per heavy atom. The van der Waals surface area contributed by atoms with E-state index >= 15 is 70.2 Å². The number of hydrogen-bond acceptors (Lipinski definition) is 2. The lowest BCUT2D eigenvalue weighted by Crippen LogP contribution is -2.86. The van der Waals surface area contributed by atoms with Gasteiger partial charge in [-0.15, -0.1) is 0 Å². The standard InChI is InChI=1S/C42H14B2F20N2S2.2C9H12/c45-23-19(24(46)32(54)39(61)31(23)53)43(65-11-3-1-4-12-65,20-25(47)33(55)40(62)34(56)26(20)48)17-9-7-15(67-17)16-8-10-18(68-16)44(66-13-5-2-6-14-66,21-27(49)35(57)41(63)36(58)28(21)50)22-29(51)37(59)42(64)38(60)30(22)52;2*1-7-4-8(2)6-9(3)5-7/h1-14H;2*4-6H,1-3H3. The van der Waals surface area contributed by atoms with Crippen molar-refractivity contribution in [3.05, 3.63) is 272 Å². The summed E-state index contributed by atoms with van der Waals surface area (Å²) >= 11 is 0.0397. The number of halogens is 20. The van der Waals surface area contributed by atoms with Gasteiger partial charge in [0.05, 0.1) is 0 Å². The zero-order valence-corrected chi connectivity index (χ0v) is 46.6. The maximum atomic E-state index is 16.2. The van der Waals surface area contributed by atoms with Gasteiger partial charge < -0.3 is 8.96 Å². The third-order valence-electron chi connectivity index (χ3n) is 14.1. The summed E-state index contributed by atoms with van der Waals surface area (Å²) in [6.45, 7) is 12.8. The third kappa shape index (κ3) is 10.8. The second kappa shape index (κ2) is 24.6. The van der Waals surface area contributed by atoms with E-state index in [0.717, 1.165) is 48.5 Å². The van der Waals surface area contributed by atoms with Crippen LogP contribution in [0.15, 0.2) is 122 Å². The van der Waals surface area contributed by atoms with Crippen LogP contribution in [0.2, 0.25) is 0 Å². The first-order valence-electron chi connectivity index (χ1n) is 25.1. The first kappa shape index (κ1) is 63.8. The van der Waals surface area contributed by atoms with Crippen LogP contribution in [0.4, 0.5) is 87.8 Å². The first-order chi connectivity index (χ1) is 40.5. The molecule has 86 heavy (non-hydrogen) atoms. The molecule has 26 heteroatoms. The maximum Gasteiger partial charge on any atom is 0.380 e. The van der Waals surface area contributed by atoms with Crippen molar-refractivity contribution in [2.24, 2.45) is 0 Å². The average Bonchev–Trinajstić information content (AvgIpc) is 1.17. The normalized spacial score (nSPS) is 11.6. The lowest BCUT2D eigenvalue weighted by Gasteiger charge is -2.36. The second-order valence-electron chi connectivity index (χ2n) is 20.0. The van der Waals surface area contributed by atoms with Crippen molar-refractivity contribution in [3.8, 4) is 9.75 Å². The molecule has 2 nitrogen and oxygen atoms in total. The van der Waals surface area contributed by atoms with Crippen molar-refractivity contribution < 1.29 is 96.8 Å². The van der Waals surface area contributed by atoms with Gasteiger partial charge in [0.2, 0.25) is 0 Å². The summed E-state index contributed by atoms with van der Waals surface area (Å²) in [5, 5.41) is 0. The minimum atomic E-state index is -4.97. The third-order valence-corrected chi connectivity index (χ3v) is 16.8.